The molecule has 0 radical (unpaired) electrons. The number of nitrogens with zero attached hydrogens (tertiary/aromatic N) is 4. The SMILES string of the molecule is CC1(C)c2ccccc2C2(c3ccccc3-c3cc(-c4nc(-c5ccccc5)nc(-c5cccc(-c6cccc(C#N)c6)c5)n4)ccc32)c2ccccc21. The lowest BCUT2D eigenvalue weighted by Crippen LogP contribution is -2.40. The summed E-state index contributed by atoms with van der Waals surface area (Å²) < 4.78 is 0. The second-order valence-corrected chi connectivity index (χ2v) is 14.7. The van der Waals surface area contributed by atoms with Crippen LogP contribution in [0.3, 0.4) is 0 Å². The van der Waals surface area contributed by atoms with Gasteiger partial charge in [0, 0.05) is 22.1 Å². The number of hydrogen-bond donors (Lipinski definition) is 0. The summed E-state index contributed by atoms with van der Waals surface area (Å²) in [6.07, 6.45) is 0. The zero-order valence-corrected chi connectivity index (χ0v) is 30.0. The van der Waals surface area contributed by atoms with Crippen molar-refractivity contribution >= 4 is 0 Å². The molecule has 2 aliphatic rings. The molecular weight excluding hydrogens is 657 g/mol. The topological polar surface area (TPSA) is 62.5 Å². The Labute approximate surface area is 315 Å². The van der Waals surface area contributed by atoms with E-state index in [1.807, 2.05) is 66.7 Å². The minimum atomic E-state index is -0.462. The molecule has 0 fully saturated rings. The zero-order chi connectivity index (χ0) is 36.4. The summed E-state index contributed by atoms with van der Waals surface area (Å²) in [4.78, 5) is 15.3. The summed E-state index contributed by atoms with van der Waals surface area (Å²) in [6.45, 7) is 4.70. The van der Waals surface area contributed by atoms with Crippen molar-refractivity contribution in [1.82, 2.24) is 15.0 Å². The van der Waals surface area contributed by atoms with Gasteiger partial charge in [-0.1, -0.05) is 159 Å². The van der Waals surface area contributed by atoms with Crippen molar-refractivity contribution in [3.8, 4) is 62.5 Å². The first-order valence-electron chi connectivity index (χ1n) is 18.3. The van der Waals surface area contributed by atoms with Gasteiger partial charge in [-0.05, 0) is 79.9 Å². The van der Waals surface area contributed by atoms with Crippen molar-refractivity contribution in [3.63, 3.8) is 0 Å². The monoisotopic (exact) mass is 690 g/mol. The van der Waals surface area contributed by atoms with Gasteiger partial charge in [0.1, 0.15) is 0 Å². The molecule has 4 nitrogen and oxygen atoms in total. The summed E-state index contributed by atoms with van der Waals surface area (Å²) in [5.41, 5.74) is 15.0. The van der Waals surface area contributed by atoms with Gasteiger partial charge in [0.25, 0.3) is 0 Å². The van der Waals surface area contributed by atoms with Crippen LogP contribution < -0.4 is 0 Å². The molecule has 10 rings (SSSR count). The van der Waals surface area contributed by atoms with Crippen molar-refractivity contribution in [2.45, 2.75) is 24.7 Å². The largest absolute Gasteiger partial charge is 0.208 e. The van der Waals surface area contributed by atoms with Crippen molar-refractivity contribution in [1.29, 1.82) is 5.26 Å². The average molecular weight is 691 g/mol. The zero-order valence-electron chi connectivity index (χ0n) is 30.0. The van der Waals surface area contributed by atoms with E-state index in [1.54, 1.807) is 0 Å². The molecule has 8 aromatic rings. The summed E-state index contributed by atoms with van der Waals surface area (Å²) >= 11 is 0. The van der Waals surface area contributed by atoms with Crippen LogP contribution in [0.1, 0.15) is 52.8 Å². The van der Waals surface area contributed by atoms with E-state index in [0.717, 1.165) is 27.8 Å². The smallest absolute Gasteiger partial charge is 0.164 e. The van der Waals surface area contributed by atoms with Crippen LogP contribution >= 0.6 is 0 Å². The number of fused-ring (bicyclic) bond motifs is 9. The van der Waals surface area contributed by atoms with Gasteiger partial charge in [0.2, 0.25) is 0 Å². The molecule has 4 heteroatoms. The first-order valence-corrected chi connectivity index (χ1v) is 18.3. The molecule has 1 aromatic heterocycles. The standard InChI is InChI=1S/C50H34N4/c1-49(2)42-22-8-10-24-44(42)50(45-25-11-9-23-43(45)49)40-21-7-6-20-38(40)39-30-37(26-27-41(39)50)48-53-46(33-15-4-3-5-16-33)52-47(54-48)36-19-13-18-35(29-36)34-17-12-14-32(28-34)31-51/h3-30H,1-2H3. The van der Waals surface area contributed by atoms with E-state index in [4.69, 9.17) is 15.0 Å². The Hall–Kier alpha value is -6.96. The highest BCUT2D eigenvalue weighted by molar-refractivity contribution is 5.90. The summed E-state index contributed by atoms with van der Waals surface area (Å²) in [5, 5.41) is 9.53. The van der Waals surface area contributed by atoms with Crippen molar-refractivity contribution < 1.29 is 0 Å². The maximum Gasteiger partial charge on any atom is 0.164 e. The highest BCUT2D eigenvalue weighted by Crippen LogP contribution is 2.62. The third-order valence-electron chi connectivity index (χ3n) is 11.4. The van der Waals surface area contributed by atoms with E-state index in [0.29, 0.717) is 23.0 Å². The Morgan fingerprint density at radius 2 is 0.870 bits per heavy atom. The molecule has 254 valence electrons. The Kier molecular flexibility index (Phi) is 7.08. The highest BCUT2D eigenvalue weighted by Gasteiger charge is 2.53. The lowest BCUT2D eigenvalue weighted by molar-refractivity contribution is 0.563. The Bertz CT molecular complexity index is 2780. The van der Waals surface area contributed by atoms with Crippen LogP contribution in [0.4, 0.5) is 0 Å². The lowest BCUT2D eigenvalue weighted by Gasteiger charge is -2.46. The second kappa shape index (κ2) is 12.0. The van der Waals surface area contributed by atoms with Gasteiger partial charge in [0.05, 0.1) is 17.0 Å². The molecule has 7 aromatic carbocycles. The fourth-order valence-corrected chi connectivity index (χ4v) is 8.96. The molecule has 1 heterocycles. The van der Waals surface area contributed by atoms with Crippen LogP contribution in [0.2, 0.25) is 0 Å². The van der Waals surface area contributed by atoms with Crippen LogP contribution in [0.15, 0.2) is 170 Å². The quantitative estimate of drug-likeness (QED) is 0.184. The number of hydrogen-bond acceptors (Lipinski definition) is 4. The third-order valence-corrected chi connectivity index (χ3v) is 11.4. The number of rotatable bonds is 4. The molecule has 2 aliphatic carbocycles. The lowest BCUT2D eigenvalue weighted by atomic mass is 9.55. The molecule has 54 heavy (non-hydrogen) atoms. The van der Waals surface area contributed by atoms with Gasteiger partial charge in [-0.3, -0.25) is 0 Å². The predicted molar refractivity (Wildman–Crippen MR) is 216 cm³/mol. The predicted octanol–water partition coefficient (Wildman–Crippen LogP) is 11.4. The van der Waals surface area contributed by atoms with Gasteiger partial charge in [-0.2, -0.15) is 5.26 Å². The van der Waals surface area contributed by atoms with E-state index in [9.17, 15) is 5.26 Å². The molecule has 0 amide bonds. The Balaban J connectivity index is 1.18. The molecule has 0 N–H and O–H groups in total. The molecule has 0 saturated carbocycles. The van der Waals surface area contributed by atoms with Crippen molar-refractivity contribution in [2.75, 3.05) is 0 Å². The van der Waals surface area contributed by atoms with E-state index in [1.165, 1.54) is 44.5 Å². The molecule has 0 saturated heterocycles. The summed E-state index contributed by atoms with van der Waals surface area (Å²) in [7, 11) is 0. The molecular formula is C50H34N4. The maximum absolute atomic E-state index is 9.53. The fourth-order valence-electron chi connectivity index (χ4n) is 8.96. The number of nitriles is 1. The molecule has 0 bridgehead atoms. The van der Waals surface area contributed by atoms with Gasteiger partial charge < -0.3 is 0 Å². The van der Waals surface area contributed by atoms with Crippen LogP contribution in [0.25, 0.3) is 56.4 Å². The van der Waals surface area contributed by atoms with Crippen LogP contribution in [0.5, 0.6) is 0 Å². The maximum atomic E-state index is 9.53. The molecule has 0 unspecified atom stereocenters. The highest BCUT2D eigenvalue weighted by atomic mass is 15.0. The second-order valence-electron chi connectivity index (χ2n) is 14.7. The van der Waals surface area contributed by atoms with Crippen molar-refractivity contribution in [2.24, 2.45) is 0 Å². The van der Waals surface area contributed by atoms with Gasteiger partial charge in [0.15, 0.2) is 17.5 Å². The van der Waals surface area contributed by atoms with Crippen LogP contribution in [0, 0.1) is 11.3 Å². The van der Waals surface area contributed by atoms with Gasteiger partial charge >= 0.3 is 0 Å². The first kappa shape index (κ1) is 31.7. The third kappa shape index (κ3) is 4.65. The summed E-state index contributed by atoms with van der Waals surface area (Å²) in [5.74, 6) is 1.82. The van der Waals surface area contributed by atoms with E-state index < -0.39 is 5.41 Å². The fraction of sp³-hybridized carbons (Fsp3) is 0.0800. The Morgan fingerprint density at radius 3 is 1.54 bits per heavy atom. The summed E-state index contributed by atoms with van der Waals surface area (Å²) in [6, 6.07) is 61.9. The van der Waals surface area contributed by atoms with Crippen LogP contribution in [-0.4, -0.2) is 15.0 Å². The minimum Gasteiger partial charge on any atom is -0.208 e. The normalized spacial score (nSPS) is 14.0. The van der Waals surface area contributed by atoms with Gasteiger partial charge in [-0.25, -0.2) is 15.0 Å². The average Bonchev–Trinajstić information content (AvgIpc) is 3.53. The molecule has 0 atom stereocenters. The Morgan fingerprint density at radius 1 is 0.389 bits per heavy atom. The van der Waals surface area contributed by atoms with E-state index >= 15 is 0 Å². The van der Waals surface area contributed by atoms with E-state index in [2.05, 4.69) is 123 Å². The van der Waals surface area contributed by atoms with Crippen LogP contribution in [-0.2, 0) is 10.8 Å². The first-order chi connectivity index (χ1) is 26.5. The number of benzene rings is 7. The number of aromatic nitrogens is 3. The van der Waals surface area contributed by atoms with E-state index in [-0.39, 0.29) is 5.41 Å². The molecule has 0 aliphatic heterocycles. The minimum absolute atomic E-state index is 0.152. The molecule has 1 spiro atoms. The van der Waals surface area contributed by atoms with Gasteiger partial charge in [-0.15, -0.1) is 0 Å². The van der Waals surface area contributed by atoms with Crippen molar-refractivity contribution in [3.05, 3.63) is 209 Å².